The molecule has 0 aromatic heterocycles. The SMILES string of the molecule is CCCCNC(=O)[C@@H](CC)N(Cc1ccc(Cl)cc1)C(=O)CN(c1ccc(OC)cc1)S(=O)(=O)c1ccccc1. The number of unbranched alkanes of at least 4 members (excludes halogenated alkanes) is 1. The Balaban J connectivity index is 2.02. The minimum absolute atomic E-state index is 0.0484. The van der Waals surface area contributed by atoms with Crippen LogP contribution in [0.3, 0.4) is 0 Å². The van der Waals surface area contributed by atoms with E-state index >= 15 is 0 Å². The van der Waals surface area contributed by atoms with E-state index in [1.165, 1.54) is 24.1 Å². The molecule has 10 heteroatoms. The van der Waals surface area contributed by atoms with Crippen LogP contribution in [0.4, 0.5) is 5.69 Å². The number of methoxy groups -OCH3 is 1. The van der Waals surface area contributed by atoms with E-state index < -0.39 is 28.5 Å². The average Bonchev–Trinajstić information content (AvgIpc) is 2.97. The zero-order valence-electron chi connectivity index (χ0n) is 23.0. The summed E-state index contributed by atoms with van der Waals surface area (Å²) in [5.74, 6) is -0.241. The van der Waals surface area contributed by atoms with E-state index in [-0.39, 0.29) is 17.3 Å². The number of halogens is 1. The number of hydrogen-bond acceptors (Lipinski definition) is 5. The fourth-order valence-corrected chi connectivity index (χ4v) is 5.77. The number of carbonyl (C=O) groups is 2. The summed E-state index contributed by atoms with van der Waals surface area (Å²) in [7, 11) is -2.61. The molecule has 2 amide bonds. The number of benzene rings is 3. The lowest BCUT2D eigenvalue weighted by Crippen LogP contribution is -2.52. The Kier molecular flexibility index (Phi) is 11.4. The van der Waals surface area contributed by atoms with Crippen LogP contribution in [0, 0.1) is 0 Å². The number of anilines is 1. The van der Waals surface area contributed by atoms with Gasteiger partial charge in [-0.3, -0.25) is 13.9 Å². The van der Waals surface area contributed by atoms with E-state index in [0.717, 1.165) is 22.7 Å². The Morgan fingerprint density at radius 3 is 2.17 bits per heavy atom. The first-order chi connectivity index (χ1) is 19.2. The average molecular weight is 586 g/mol. The van der Waals surface area contributed by atoms with Crippen molar-refractivity contribution in [3.63, 3.8) is 0 Å². The predicted molar refractivity (Wildman–Crippen MR) is 158 cm³/mol. The lowest BCUT2D eigenvalue weighted by atomic mass is 10.1. The van der Waals surface area contributed by atoms with Crippen molar-refractivity contribution in [2.75, 3.05) is 24.5 Å². The molecule has 3 aromatic rings. The van der Waals surface area contributed by atoms with Crippen LogP contribution in [0.25, 0.3) is 0 Å². The monoisotopic (exact) mass is 585 g/mol. The molecule has 1 atom stereocenters. The number of nitrogens with zero attached hydrogens (tertiary/aromatic N) is 2. The lowest BCUT2D eigenvalue weighted by molar-refractivity contribution is -0.140. The van der Waals surface area contributed by atoms with Crippen LogP contribution in [0.1, 0.15) is 38.7 Å². The van der Waals surface area contributed by atoms with Gasteiger partial charge in [-0.1, -0.05) is 62.2 Å². The Morgan fingerprint density at radius 2 is 1.60 bits per heavy atom. The highest BCUT2D eigenvalue weighted by Gasteiger charge is 2.33. The van der Waals surface area contributed by atoms with E-state index in [2.05, 4.69) is 5.32 Å². The van der Waals surface area contributed by atoms with Crippen LogP contribution in [0.2, 0.25) is 5.02 Å². The van der Waals surface area contributed by atoms with Gasteiger partial charge >= 0.3 is 0 Å². The van der Waals surface area contributed by atoms with Gasteiger partial charge in [0.05, 0.1) is 17.7 Å². The molecule has 0 aliphatic heterocycles. The summed E-state index contributed by atoms with van der Waals surface area (Å²) in [4.78, 5) is 28.7. The highest BCUT2D eigenvalue weighted by molar-refractivity contribution is 7.92. The molecule has 8 nitrogen and oxygen atoms in total. The van der Waals surface area contributed by atoms with Gasteiger partial charge in [-0.25, -0.2) is 8.42 Å². The van der Waals surface area contributed by atoms with Crippen molar-refractivity contribution < 1.29 is 22.7 Å². The van der Waals surface area contributed by atoms with Crippen LogP contribution in [0.15, 0.2) is 83.8 Å². The third-order valence-corrected chi connectivity index (χ3v) is 8.49. The summed E-state index contributed by atoms with van der Waals surface area (Å²) in [6, 6.07) is 20.6. The molecule has 0 aliphatic rings. The zero-order chi connectivity index (χ0) is 29.1. The van der Waals surface area contributed by atoms with E-state index in [1.54, 1.807) is 66.7 Å². The maximum Gasteiger partial charge on any atom is 0.264 e. The zero-order valence-corrected chi connectivity index (χ0v) is 24.6. The summed E-state index contributed by atoms with van der Waals surface area (Å²) in [6.45, 7) is 3.96. The number of nitrogens with one attached hydrogen (secondary N) is 1. The summed E-state index contributed by atoms with van der Waals surface area (Å²) >= 11 is 6.06. The smallest absolute Gasteiger partial charge is 0.264 e. The number of sulfonamides is 1. The van der Waals surface area contributed by atoms with E-state index in [4.69, 9.17) is 16.3 Å². The molecule has 0 radical (unpaired) electrons. The normalized spacial score (nSPS) is 11.9. The molecule has 3 aromatic carbocycles. The molecule has 3 rings (SSSR count). The first-order valence-corrected chi connectivity index (χ1v) is 15.1. The summed E-state index contributed by atoms with van der Waals surface area (Å²) in [5.41, 5.74) is 1.06. The van der Waals surface area contributed by atoms with Gasteiger partial charge in [0.1, 0.15) is 18.3 Å². The molecule has 0 fully saturated rings. The van der Waals surface area contributed by atoms with Crippen LogP contribution in [-0.4, -0.2) is 51.4 Å². The number of ether oxygens (including phenoxy) is 1. The molecule has 0 unspecified atom stereocenters. The van der Waals surface area contributed by atoms with Crippen molar-refractivity contribution >= 4 is 39.1 Å². The van der Waals surface area contributed by atoms with Gasteiger partial charge in [0.15, 0.2) is 0 Å². The highest BCUT2D eigenvalue weighted by Crippen LogP contribution is 2.27. The Labute approximate surface area is 241 Å². The van der Waals surface area contributed by atoms with Crippen LogP contribution >= 0.6 is 11.6 Å². The molecule has 0 heterocycles. The summed E-state index contributed by atoms with van der Waals surface area (Å²) in [5, 5.41) is 3.47. The molecule has 0 bridgehead atoms. The quantitative estimate of drug-likeness (QED) is 0.260. The molecular weight excluding hydrogens is 550 g/mol. The number of amides is 2. The Hall–Kier alpha value is -3.56. The molecule has 40 heavy (non-hydrogen) atoms. The Bertz CT molecular complexity index is 1350. The topological polar surface area (TPSA) is 96.0 Å². The number of hydrogen-bond donors (Lipinski definition) is 1. The second kappa shape index (κ2) is 14.7. The van der Waals surface area contributed by atoms with Crippen molar-refractivity contribution in [1.82, 2.24) is 10.2 Å². The van der Waals surface area contributed by atoms with E-state index in [1.807, 2.05) is 13.8 Å². The fourth-order valence-electron chi connectivity index (χ4n) is 4.21. The molecule has 0 saturated heterocycles. The third kappa shape index (κ3) is 7.99. The maximum atomic E-state index is 14.0. The van der Waals surface area contributed by atoms with Gasteiger partial charge < -0.3 is 15.0 Å². The largest absolute Gasteiger partial charge is 0.497 e. The van der Waals surface area contributed by atoms with E-state index in [0.29, 0.717) is 29.4 Å². The van der Waals surface area contributed by atoms with Crippen LogP contribution in [-0.2, 0) is 26.2 Å². The van der Waals surface area contributed by atoms with Gasteiger partial charge in [-0.15, -0.1) is 0 Å². The lowest BCUT2D eigenvalue weighted by Gasteiger charge is -2.33. The minimum Gasteiger partial charge on any atom is -0.497 e. The molecule has 214 valence electrons. The molecule has 0 saturated carbocycles. The second-order valence-corrected chi connectivity index (χ2v) is 11.5. The number of carbonyl (C=O) groups excluding carboxylic acids is 2. The van der Waals surface area contributed by atoms with Crippen molar-refractivity contribution in [1.29, 1.82) is 0 Å². The van der Waals surface area contributed by atoms with E-state index in [9.17, 15) is 18.0 Å². The summed E-state index contributed by atoms with van der Waals surface area (Å²) in [6.07, 6.45) is 2.08. The first-order valence-electron chi connectivity index (χ1n) is 13.2. The van der Waals surface area contributed by atoms with Crippen molar-refractivity contribution in [3.8, 4) is 5.75 Å². The van der Waals surface area contributed by atoms with Crippen LogP contribution in [0.5, 0.6) is 5.75 Å². The molecule has 0 spiro atoms. The fraction of sp³-hybridized carbons (Fsp3) is 0.333. The standard InChI is InChI=1S/C30H36ClN3O5S/c1-4-6-20-32-30(36)28(5-2)33(21-23-12-14-24(31)15-13-23)29(35)22-34(25-16-18-26(39-3)19-17-25)40(37,38)27-10-8-7-9-11-27/h7-19,28H,4-6,20-22H2,1-3H3,(H,32,36)/t28-/m1/s1. The molecule has 0 aliphatic carbocycles. The Morgan fingerprint density at radius 1 is 0.950 bits per heavy atom. The minimum atomic E-state index is -4.12. The van der Waals surface area contributed by atoms with Gasteiger partial charge in [-0.05, 0) is 66.9 Å². The van der Waals surface area contributed by atoms with Crippen molar-refractivity contribution in [2.24, 2.45) is 0 Å². The third-order valence-electron chi connectivity index (χ3n) is 6.45. The van der Waals surface area contributed by atoms with Gasteiger partial charge in [0.2, 0.25) is 11.8 Å². The van der Waals surface area contributed by atoms with Gasteiger partial charge in [-0.2, -0.15) is 0 Å². The van der Waals surface area contributed by atoms with Gasteiger partial charge in [0.25, 0.3) is 10.0 Å². The van der Waals surface area contributed by atoms with Crippen LogP contribution < -0.4 is 14.4 Å². The van der Waals surface area contributed by atoms with Crippen molar-refractivity contribution in [3.05, 3.63) is 89.4 Å². The second-order valence-electron chi connectivity index (χ2n) is 9.24. The summed E-state index contributed by atoms with van der Waals surface area (Å²) < 4.78 is 33.9. The maximum absolute atomic E-state index is 14.0. The highest BCUT2D eigenvalue weighted by atomic mass is 35.5. The predicted octanol–water partition coefficient (Wildman–Crippen LogP) is 5.27. The first kappa shape index (κ1) is 31.0. The molecular formula is C30H36ClN3O5S. The van der Waals surface area contributed by atoms with Crippen molar-refractivity contribution in [2.45, 2.75) is 50.6 Å². The molecule has 1 N–H and O–H groups in total. The number of rotatable bonds is 14. The van der Waals surface area contributed by atoms with Gasteiger partial charge in [0, 0.05) is 18.1 Å².